The molecule has 0 atom stereocenters. The topological polar surface area (TPSA) is 74.3 Å². The predicted octanol–water partition coefficient (Wildman–Crippen LogP) is 3.95. The third kappa shape index (κ3) is 4.47. The van der Waals surface area contributed by atoms with E-state index in [1.54, 1.807) is 47.4 Å². The molecular formula is C21H21ClN4O2. The molecule has 7 heteroatoms. The highest BCUT2D eigenvalue weighted by atomic mass is 35.5. The van der Waals surface area contributed by atoms with Gasteiger partial charge in [-0.05, 0) is 45.3 Å². The Bertz CT molecular complexity index is 1050. The highest BCUT2D eigenvalue weighted by molar-refractivity contribution is 6.35. The van der Waals surface area contributed by atoms with E-state index in [9.17, 15) is 9.59 Å². The van der Waals surface area contributed by atoms with Crippen molar-refractivity contribution in [1.82, 2.24) is 9.88 Å². The van der Waals surface area contributed by atoms with Crippen LogP contribution in [0.25, 0.3) is 10.9 Å². The number of fused-ring (bicyclic) bond motifs is 1. The number of anilines is 2. The fraction of sp³-hybridized carbons (Fsp3) is 0.190. The van der Waals surface area contributed by atoms with Gasteiger partial charge < -0.3 is 15.5 Å². The number of hydrogen-bond donors (Lipinski definition) is 2. The molecule has 3 rings (SSSR count). The Morgan fingerprint density at radius 3 is 2.39 bits per heavy atom. The van der Waals surface area contributed by atoms with Crippen LogP contribution in [0.1, 0.15) is 16.1 Å². The molecule has 6 nitrogen and oxygen atoms in total. The lowest BCUT2D eigenvalue weighted by atomic mass is 10.1. The van der Waals surface area contributed by atoms with Crippen molar-refractivity contribution >= 4 is 45.7 Å². The fourth-order valence-electron chi connectivity index (χ4n) is 2.90. The molecule has 3 aromatic rings. The van der Waals surface area contributed by atoms with E-state index in [-0.39, 0.29) is 18.4 Å². The van der Waals surface area contributed by atoms with Crippen LogP contribution in [0.2, 0.25) is 5.02 Å². The van der Waals surface area contributed by atoms with Gasteiger partial charge in [-0.1, -0.05) is 35.9 Å². The number of carbonyl (C=O) groups excluding carboxylic acids is 2. The number of likely N-dealkylation sites (N-methyl/N-ethyl adjacent to an activating group) is 1. The van der Waals surface area contributed by atoms with Gasteiger partial charge in [0.2, 0.25) is 5.91 Å². The van der Waals surface area contributed by atoms with Crippen LogP contribution in [0, 0.1) is 6.92 Å². The van der Waals surface area contributed by atoms with Gasteiger partial charge in [0.05, 0.1) is 34.0 Å². The van der Waals surface area contributed by atoms with Crippen LogP contribution in [-0.4, -0.2) is 42.3 Å². The van der Waals surface area contributed by atoms with E-state index in [1.807, 2.05) is 27.1 Å². The van der Waals surface area contributed by atoms with Crippen LogP contribution >= 0.6 is 11.6 Å². The number of carbonyl (C=O) groups is 2. The maximum Gasteiger partial charge on any atom is 0.256 e. The standard InChI is InChI=1S/C21H21ClN4O2/c1-13-11-15(14-7-6-8-16(22)20(14)23-13)21(28)25-18-10-5-4-9-17(18)24-19(27)12-26(2)3/h4-11H,12H2,1-3H3,(H,24,27)(H,25,28). The van der Waals surface area contributed by atoms with E-state index in [4.69, 9.17) is 11.6 Å². The van der Waals surface area contributed by atoms with E-state index >= 15 is 0 Å². The second-order valence-electron chi connectivity index (χ2n) is 6.73. The average molecular weight is 397 g/mol. The summed E-state index contributed by atoms with van der Waals surface area (Å²) in [6, 6.07) is 14.1. The summed E-state index contributed by atoms with van der Waals surface area (Å²) in [4.78, 5) is 31.3. The normalized spacial score (nSPS) is 10.9. The van der Waals surface area contributed by atoms with Crippen LogP contribution in [-0.2, 0) is 4.79 Å². The highest BCUT2D eigenvalue weighted by Crippen LogP contribution is 2.27. The summed E-state index contributed by atoms with van der Waals surface area (Å²) in [5.74, 6) is -0.462. The van der Waals surface area contributed by atoms with Gasteiger partial charge in [0.15, 0.2) is 0 Å². The average Bonchev–Trinajstić information content (AvgIpc) is 2.63. The zero-order valence-corrected chi connectivity index (χ0v) is 16.7. The molecule has 2 amide bonds. The molecule has 1 heterocycles. The van der Waals surface area contributed by atoms with E-state index in [2.05, 4.69) is 15.6 Å². The molecule has 144 valence electrons. The summed E-state index contributed by atoms with van der Waals surface area (Å²) >= 11 is 6.24. The number of halogens is 1. The number of benzene rings is 2. The number of amides is 2. The molecule has 28 heavy (non-hydrogen) atoms. The van der Waals surface area contributed by atoms with E-state index in [1.165, 1.54) is 0 Å². The number of pyridine rings is 1. The molecule has 0 fully saturated rings. The number of rotatable bonds is 5. The molecule has 0 unspecified atom stereocenters. The first-order valence-electron chi connectivity index (χ1n) is 8.76. The molecule has 2 aromatic carbocycles. The fourth-order valence-corrected chi connectivity index (χ4v) is 3.11. The predicted molar refractivity (Wildman–Crippen MR) is 113 cm³/mol. The van der Waals surface area contributed by atoms with Crippen LogP contribution in [0.15, 0.2) is 48.5 Å². The lowest BCUT2D eigenvalue weighted by molar-refractivity contribution is -0.116. The van der Waals surface area contributed by atoms with Gasteiger partial charge in [0.25, 0.3) is 5.91 Å². The zero-order chi connectivity index (χ0) is 20.3. The second-order valence-corrected chi connectivity index (χ2v) is 7.14. The van der Waals surface area contributed by atoms with Gasteiger partial charge in [-0.25, -0.2) is 0 Å². The van der Waals surface area contributed by atoms with Crippen molar-refractivity contribution in [3.63, 3.8) is 0 Å². The number of para-hydroxylation sites is 3. The van der Waals surface area contributed by atoms with Gasteiger partial charge in [-0.15, -0.1) is 0 Å². The largest absolute Gasteiger partial charge is 0.323 e. The van der Waals surface area contributed by atoms with Crippen molar-refractivity contribution in [2.45, 2.75) is 6.92 Å². The molecule has 0 bridgehead atoms. The Morgan fingerprint density at radius 1 is 1.04 bits per heavy atom. The van der Waals surface area contributed by atoms with Gasteiger partial charge in [0.1, 0.15) is 0 Å². The van der Waals surface area contributed by atoms with E-state index in [0.29, 0.717) is 38.6 Å². The molecule has 1 aromatic heterocycles. The summed E-state index contributed by atoms with van der Waals surface area (Å²) in [5, 5.41) is 6.88. The number of nitrogens with one attached hydrogen (secondary N) is 2. The summed E-state index contributed by atoms with van der Waals surface area (Å²) < 4.78 is 0. The molecule has 0 saturated heterocycles. The van der Waals surface area contributed by atoms with Crippen LogP contribution in [0.5, 0.6) is 0 Å². The van der Waals surface area contributed by atoms with Crippen LogP contribution in [0.3, 0.4) is 0 Å². The van der Waals surface area contributed by atoms with Crippen molar-refractivity contribution in [3.8, 4) is 0 Å². The zero-order valence-electron chi connectivity index (χ0n) is 15.9. The summed E-state index contributed by atoms with van der Waals surface area (Å²) in [5.41, 5.74) is 2.81. The SMILES string of the molecule is Cc1cc(C(=O)Nc2ccccc2NC(=O)CN(C)C)c2cccc(Cl)c2n1. The first kappa shape index (κ1) is 19.8. The summed E-state index contributed by atoms with van der Waals surface area (Å²) in [7, 11) is 3.63. The van der Waals surface area contributed by atoms with E-state index < -0.39 is 0 Å². The molecule has 0 aliphatic carbocycles. The Hall–Kier alpha value is -2.96. The maximum atomic E-state index is 13.0. The minimum Gasteiger partial charge on any atom is -0.323 e. The van der Waals surface area contributed by atoms with Gasteiger partial charge in [0, 0.05) is 11.1 Å². The lowest BCUT2D eigenvalue weighted by Crippen LogP contribution is -2.27. The van der Waals surface area contributed by atoms with Gasteiger partial charge >= 0.3 is 0 Å². The van der Waals surface area contributed by atoms with Gasteiger partial charge in [-0.2, -0.15) is 0 Å². The molecular weight excluding hydrogens is 376 g/mol. The molecule has 0 spiro atoms. The minimum atomic E-state index is -0.299. The van der Waals surface area contributed by atoms with Crippen molar-refractivity contribution in [2.75, 3.05) is 31.3 Å². The third-order valence-electron chi connectivity index (χ3n) is 4.07. The Balaban J connectivity index is 1.92. The van der Waals surface area contributed by atoms with Crippen molar-refractivity contribution in [1.29, 1.82) is 0 Å². The van der Waals surface area contributed by atoms with Crippen LogP contribution in [0.4, 0.5) is 11.4 Å². The monoisotopic (exact) mass is 396 g/mol. The molecule has 0 aliphatic heterocycles. The Morgan fingerprint density at radius 2 is 1.71 bits per heavy atom. The van der Waals surface area contributed by atoms with Crippen molar-refractivity contribution in [2.24, 2.45) is 0 Å². The Labute approximate surface area is 168 Å². The smallest absolute Gasteiger partial charge is 0.256 e. The number of hydrogen-bond acceptors (Lipinski definition) is 4. The summed E-state index contributed by atoms with van der Waals surface area (Å²) in [6.45, 7) is 2.06. The van der Waals surface area contributed by atoms with E-state index in [0.717, 1.165) is 0 Å². The van der Waals surface area contributed by atoms with Gasteiger partial charge in [-0.3, -0.25) is 14.6 Å². The molecule has 0 radical (unpaired) electrons. The second kappa shape index (κ2) is 8.37. The number of nitrogens with zero attached hydrogens (tertiary/aromatic N) is 2. The van der Waals surface area contributed by atoms with Crippen molar-refractivity contribution < 1.29 is 9.59 Å². The molecule has 2 N–H and O–H groups in total. The Kier molecular flexibility index (Phi) is 5.92. The first-order chi connectivity index (χ1) is 13.3. The number of aryl methyl sites for hydroxylation is 1. The van der Waals surface area contributed by atoms with Crippen molar-refractivity contribution in [3.05, 3.63) is 64.8 Å². The number of aromatic nitrogens is 1. The lowest BCUT2D eigenvalue weighted by Gasteiger charge is -2.15. The highest BCUT2D eigenvalue weighted by Gasteiger charge is 2.16. The first-order valence-corrected chi connectivity index (χ1v) is 9.14. The third-order valence-corrected chi connectivity index (χ3v) is 4.38. The minimum absolute atomic E-state index is 0.163. The summed E-state index contributed by atoms with van der Waals surface area (Å²) in [6.07, 6.45) is 0. The molecule has 0 saturated carbocycles. The maximum absolute atomic E-state index is 13.0. The van der Waals surface area contributed by atoms with Crippen LogP contribution < -0.4 is 10.6 Å². The quantitative estimate of drug-likeness (QED) is 0.684. The molecule has 0 aliphatic rings.